The fourth-order valence-corrected chi connectivity index (χ4v) is 6.45. The molecule has 2 N–H and O–H groups in total. The smallest absolute Gasteiger partial charge is 0.163 e. The second kappa shape index (κ2) is 7.95. The van der Waals surface area contributed by atoms with Gasteiger partial charge in [-0.3, -0.25) is 4.98 Å². The summed E-state index contributed by atoms with van der Waals surface area (Å²) in [6.07, 6.45) is 15.8. The Kier molecular flexibility index (Phi) is 4.52. The van der Waals surface area contributed by atoms with Crippen LogP contribution in [-0.2, 0) is 0 Å². The molecule has 2 fully saturated rings. The summed E-state index contributed by atoms with van der Waals surface area (Å²) in [4.78, 5) is 25.6. The number of nitrogens with one attached hydrogen (secondary N) is 2. The first-order valence-corrected chi connectivity index (χ1v) is 13.1. The van der Waals surface area contributed by atoms with Crippen LogP contribution in [-0.4, -0.2) is 51.1 Å². The molecule has 1 aliphatic carbocycles. The molecule has 0 radical (unpaired) electrons. The Labute approximate surface area is 214 Å². The van der Waals surface area contributed by atoms with E-state index in [-0.39, 0.29) is 0 Å². The summed E-state index contributed by atoms with van der Waals surface area (Å²) in [6, 6.07) is 10.4. The Balaban J connectivity index is 1.36. The molecule has 7 nitrogen and oxygen atoms in total. The summed E-state index contributed by atoms with van der Waals surface area (Å²) in [5, 5.41) is 6.94. The molecule has 6 heterocycles. The van der Waals surface area contributed by atoms with Crippen molar-refractivity contribution in [3.8, 4) is 11.4 Å². The van der Waals surface area contributed by atoms with Crippen LogP contribution in [0.4, 0.5) is 5.82 Å². The van der Waals surface area contributed by atoms with Gasteiger partial charge in [-0.1, -0.05) is 36.4 Å². The van der Waals surface area contributed by atoms with E-state index in [1.54, 1.807) is 0 Å². The molecule has 1 aromatic carbocycles. The van der Waals surface area contributed by atoms with Crippen molar-refractivity contribution in [2.75, 3.05) is 31.1 Å². The number of H-pyrrole nitrogens is 1. The summed E-state index contributed by atoms with van der Waals surface area (Å²) in [5.74, 6) is 1.74. The number of piperidine rings is 1. The lowest BCUT2D eigenvalue weighted by molar-refractivity contribution is 0.239. The number of para-hydroxylation sites is 1. The predicted molar refractivity (Wildman–Crippen MR) is 148 cm³/mol. The lowest BCUT2D eigenvalue weighted by atomic mass is 9.80. The SMILES string of the molecule is C1=CC(c2cncc3nc(-c4ccnc5[nH]c6ccccc6c45)nc(N4CCC5(CCCNC5)C4)c23)=C1. The lowest BCUT2D eigenvalue weighted by Gasteiger charge is -2.34. The van der Waals surface area contributed by atoms with Gasteiger partial charge in [-0.15, -0.1) is 0 Å². The monoisotopic (exact) mass is 485 g/mol. The lowest BCUT2D eigenvalue weighted by Crippen LogP contribution is -2.42. The standard InChI is InChI=1S/C30H27N7/c1-2-8-23-20(7-1)25-21(9-13-33-28(25)34-23)27-35-24-16-32-15-22(19-5-3-6-19)26(24)29(36-27)37-14-11-30(18-37)10-4-12-31-17-30/h1-3,5-9,13,15-16,31H,4,10-12,14,17-18H2,(H,33,34). The average Bonchev–Trinajstić information content (AvgIpc) is 3.49. The van der Waals surface area contributed by atoms with Crippen molar-refractivity contribution in [2.45, 2.75) is 19.3 Å². The molecular weight excluding hydrogens is 458 g/mol. The zero-order valence-corrected chi connectivity index (χ0v) is 20.5. The van der Waals surface area contributed by atoms with Gasteiger partial charge >= 0.3 is 0 Å². The quantitative estimate of drug-likeness (QED) is 0.363. The summed E-state index contributed by atoms with van der Waals surface area (Å²) in [5.41, 5.74) is 6.41. The minimum Gasteiger partial charge on any atom is -0.355 e. The zero-order chi connectivity index (χ0) is 24.4. The molecule has 4 aromatic heterocycles. The fourth-order valence-electron chi connectivity index (χ4n) is 6.45. The van der Waals surface area contributed by atoms with Gasteiger partial charge in [0.15, 0.2) is 5.82 Å². The molecule has 1 atom stereocenters. The molecule has 2 saturated heterocycles. The highest BCUT2D eigenvalue weighted by Crippen LogP contribution is 2.42. The Hall–Kier alpha value is -4.10. The Morgan fingerprint density at radius 2 is 1.92 bits per heavy atom. The van der Waals surface area contributed by atoms with E-state index in [1.165, 1.54) is 24.8 Å². The molecule has 182 valence electrons. The van der Waals surface area contributed by atoms with Crippen LogP contribution in [0.5, 0.6) is 0 Å². The number of nitrogens with zero attached hydrogens (tertiary/aromatic N) is 5. The van der Waals surface area contributed by atoms with E-state index >= 15 is 0 Å². The van der Waals surface area contributed by atoms with Gasteiger partial charge < -0.3 is 15.2 Å². The maximum atomic E-state index is 5.34. The minimum absolute atomic E-state index is 0.319. The Bertz CT molecular complexity index is 1760. The second-order valence-corrected chi connectivity index (χ2v) is 10.6. The molecule has 2 aliphatic heterocycles. The normalized spacial score (nSPS) is 21.3. The van der Waals surface area contributed by atoms with Crippen LogP contribution in [0.25, 0.3) is 49.8 Å². The first-order valence-electron chi connectivity index (χ1n) is 13.1. The van der Waals surface area contributed by atoms with Crippen molar-refractivity contribution in [2.24, 2.45) is 5.41 Å². The summed E-state index contributed by atoms with van der Waals surface area (Å²) in [7, 11) is 0. The Morgan fingerprint density at radius 1 is 0.973 bits per heavy atom. The van der Waals surface area contributed by atoms with E-state index < -0.39 is 0 Å². The third-order valence-electron chi connectivity index (χ3n) is 8.39. The minimum atomic E-state index is 0.319. The number of rotatable bonds is 3. The van der Waals surface area contributed by atoms with Crippen molar-refractivity contribution in [1.29, 1.82) is 0 Å². The molecule has 0 amide bonds. The predicted octanol–water partition coefficient (Wildman–Crippen LogP) is 5.25. The van der Waals surface area contributed by atoms with E-state index in [0.29, 0.717) is 5.41 Å². The average molecular weight is 486 g/mol. The topological polar surface area (TPSA) is 82.6 Å². The van der Waals surface area contributed by atoms with Crippen LogP contribution in [0.15, 0.2) is 67.2 Å². The molecule has 0 saturated carbocycles. The van der Waals surface area contributed by atoms with E-state index in [4.69, 9.17) is 9.97 Å². The van der Waals surface area contributed by atoms with Gasteiger partial charge in [0.25, 0.3) is 0 Å². The maximum absolute atomic E-state index is 5.34. The third kappa shape index (κ3) is 3.23. The van der Waals surface area contributed by atoms with E-state index in [9.17, 15) is 0 Å². The van der Waals surface area contributed by atoms with Gasteiger partial charge in [-0.2, -0.15) is 0 Å². The molecule has 3 aliphatic rings. The highest BCUT2D eigenvalue weighted by molar-refractivity contribution is 6.13. The number of hydrogen-bond donors (Lipinski definition) is 2. The number of fused-ring (bicyclic) bond motifs is 4. The summed E-state index contributed by atoms with van der Waals surface area (Å²) >= 11 is 0. The van der Waals surface area contributed by atoms with Gasteiger partial charge in [0.1, 0.15) is 11.5 Å². The number of anilines is 1. The van der Waals surface area contributed by atoms with Gasteiger partial charge in [0.05, 0.1) is 17.1 Å². The van der Waals surface area contributed by atoms with Crippen molar-refractivity contribution < 1.29 is 0 Å². The van der Waals surface area contributed by atoms with Crippen LogP contribution in [0, 0.1) is 5.41 Å². The fraction of sp³-hybridized carbons (Fsp3) is 0.267. The number of allylic oxidation sites excluding steroid dienone is 4. The van der Waals surface area contributed by atoms with Crippen molar-refractivity contribution in [3.05, 3.63) is 72.7 Å². The van der Waals surface area contributed by atoms with Gasteiger partial charge in [-0.05, 0) is 43.5 Å². The molecular formula is C30H27N7. The van der Waals surface area contributed by atoms with Crippen molar-refractivity contribution >= 4 is 44.2 Å². The first-order chi connectivity index (χ1) is 18.3. The molecule has 8 rings (SSSR count). The van der Waals surface area contributed by atoms with Gasteiger partial charge in [0, 0.05) is 64.9 Å². The van der Waals surface area contributed by atoms with Crippen LogP contribution in [0.2, 0.25) is 0 Å². The van der Waals surface area contributed by atoms with E-state index in [0.717, 1.165) is 81.8 Å². The molecule has 37 heavy (non-hydrogen) atoms. The molecule has 5 aromatic rings. The molecule has 7 heteroatoms. The highest BCUT2D eigenvalue weighted by Gasteiger charge is 2.40. The number of aromatic amines is 1. The summed E-state index contributed by atoms with van der Waals surface area (Å²) in [6.45, 7) is 4.23. The van der Waals surface area contributed by atoms with Crippen LogP contribution >= 0.6 is 0 Å². The molecule has 1 spiro atoms. The van der Waals surface area contributed by atoms with Crippen LogP contribution in [0.1, 0.15) is 24.8 Å². The maximum Gasteiger partial charge on any atom is 0.163 e. The van der Waals surface area contributed by atoms with E-state index in [1.807, 2.05) is 30.7 Å². The van der Waals surface area contributed by atoms with Crippen LogP contribution < -0.4 is 10.2 Å². The van der Waals surface area contributed by atoms with Crippen LogP contribution in [0.3, 0.4) is 0 Å². The van der Waals surface area contributed by atoms with Crippen molar-refractivity contribution in [3.63, 3.8) is 0 Å². The largest absolute Gasteiger partial charge is 0.355 e. The number of benzene rings is 1. The van der Waals surface area contributed by atoms with Gasteiger partial charge in [0.2, 0.25) is 0 Å². The van der Waals surface area contributed by atoms with E-state index in [2.05, 4.69) is 61.6 Å². The van der Waals surface area contributed by atoms with Crippen molar-refractivity contribution in [1.82, 2.24) is 30.2 Å². The Morgan fingerprint density at radius 3 is 2.78 bits per heavy atom. The molecule has 0 bridgehead atoms. The third-order valence-corrected chi connectivity index (χ3v) is 8.39. The number of hydrogen-bond acceptors (Lipinski definition) is 6. The zero-order valence-electron chi connectivity index (χ0n) is 20.5. The number of pyridine rings is 2. The molecule has 1 unspecified atom stereocenters. The highest BCUT2D eigenvalue weighted by atomic mass is 15.2. The number of aromatic nitrogens is 5. The second-order valence-electron chi connectivity index (χ2n) is 10.6. The van der Waals surface area contributed by atoms with Gasteiger partial charge in [-0.25, -0.2) is 15.0 Å². The summed E-state index contributed by atoms with van der Waals surface area (Å²) < 4.78 is 0. The first kappa shape index (κ1) is 21.0.